The molecule has 100 heavy (non-hydrogen) atoms. The van der Waals surface area contributed by atoms with Crippen molar-refractivity contribution in [1.29, 1.82) is 0 Å². The summed E-state index contributed by atoms with van der Waals surface area (Å²) in [6, 6.07) is -1.01. The standard InChI is InChI=1S/C81H139NO18/c1-3-5-7-9-11-13-15-17-19-21-23-25-27-29-31-33-34-36-38-40-42-44-46-48-50-52-54-56-58-65(86)64(82-69(87)59-57-55-53-51-49-47-45-43-41-39-37-35-32-30-28-26-24-22-20-18-16-14-12-10-8-6-4-2)63-95-79-75(93)72(90)77(67(61-84)97-79)100-81-76(94)73(91)78(68(62-85)98-81)99-80-74(92)71(89)70(88)66(60-83)96-80/h6,8,12,14,18,20,24,26,30,32,37,39-40,42,48,50,56,58,64-68,70-81,83-86,88-94H,3-5,7,9-11,13,15-17,19,21-23,25,27-29,31,33-36,38,41,43-47,49,51-55,57,59-63H2,1-2H3,(H,82,87)/b8-6-,14-12-,20-18-,26-24-,32-30-,39-37-,42-40+,50-48+,58-56+. The Balaban J connectivity index is 1.42. The van der Waals surface area contributed by atoms with Crippen LogP contribution in [-0.4, -0.2) is 193 Å². The first kappa shape index (κ1) is 90.7. The molecule has 3 fully saturated rings. The lowest BCUT2D eigenvalue weighted by Crippen LogP contribution is -2.66. The normalized spacial score (nSPS) is 27.1. The highest BCUT2D eigenvalue weighted by Gasteiger charge is 2.53. The lowest BCUT2D eigenvalue weighted by molar-refractivity contribution is -0.379. The van der Waals surface area contributed by atoms with Crippen molar-refractivity contribution in [3.05, 3.63) is 109 Å². The second kappa shape index (κ2) is 60.7. The zero-order valence-corrected chi connectivity index (χ0v) is 61.4. The number of amides is 1. The van der Waals surface area contributed by atoms with Crippen molar-refractivity contribution in [2.75, 3.05) is 26.4 Å². The van der Waals surface area contributed by atoms with Gasteiger partial charge in [0, 0.05) is 6.42 Å². The van der Waals surface area contributed by atoms with Gasteiger partial charge in [0.2, 0.25) is 5.91 Å². The summed E-state index contributed by atoms with van der Waals surface area (Å²) in [4.78, 5) is 13.5. The average molecular weight is 1410 g/mol. The smallest absolute Gasteiger partial charge is 0.220 e. The highest BCUT2D eigenvalue weighted by Crippen LogP contribution is 2.33. The van der Waals surface area contributed by atoms with Gasteiger partial charge in [-0.3, -0.25) is 4.79 Å². The van der Waals surface area contributed by atoms with Gasteiger partial charge in [0.05, 0.1) is 38.6 Å². The number of hydrogen-bond donors (Lipinski definition) is 12. The molecule has 3 aliphatic rings. The lowest BCUT2D eigenvalue weighted by atomic mass is 9.96. The fourth-order valence-corrected chi connectivity index (χ4v) is 12.5. The van der Waals surface area contributed by atoms with Crippen molar-refractivity contribution in [3.8, 4) is 0 Å². The molecule has 1 amide bonds. The van der Waals surface area contributed by atoms with Gasteiger partial charge in [0.25, 0.3) is 0 Å². The Labute approximate surface area is 602 Å². The van der Waals surface area contributed by atoms with Gasteiger partial charge in [-0.15, -0.1) is 0 Å². The highest BCUT2D eigenvalue weighted by molar-refractivity contribution is 5.76. The molecule has 3 aliphatic heterocycles. The Morgan fingerprint density at radius 2 is 0.700 bits per heavy atom. The lowest BCUT2D eigenvalue weighted by Gasteiger charge is -2.48. The van der Waals surface area contributed by atoms with Gasteiger partial charge in [0.1, 0.15) is 73.2 Å². The molecular formula is C81H139NO18. The molecule has 3 heterocycles. The molecular weight excluding hydrogens is 1270 g/mol. The van der Waals surface area contributed by atoms with Gasteiger partial charge in [0.15, 0.2) is 18.9 Å². The molecule has 0 aliphatic carbocycles. The van der Waals surface area contributed by atoms with Crippen LogP contribution in [0.3, 0.4) is 0 Å². The molecule has 3 rings (SSSR count). The topological polar surface area (TPSA) is 307 Å². The summed E-state index contributed by atoms with van der Waals surface area (Å²) in [7, 11) is 0. The summed E-state index contributed by atoms with van der Waals surface area (Å²) in [5.41, 5.74) is 0. The Hall–Kier alpha value is -3.55. The van der Waals surface area contributed by atoms with E-state index in [1.165, 1.54) is 122 Å². The zero-order valence-electron chi connectivity index (χ0n) is 61.4. The van der Waals surface area contributed by atoms with E-state index in [1.807, 2.05) is 6.08 Å². The van der Waals surface area contributed by atoms with Crippen molar-refractivity contribution in [2.45, 2.75) is 369 Å². The quantitative estimate of drug-likeness (QED) is 0.0199. The number of unbranched alkanes of at least 4 members (excludes halogenated alkanes) is 28. The van der Waals surface area contributed by atoms with E-state index in [2.05, 4.69) is 116 Å². The molecule has 12 N–H and O–H groups in total. The first-order valence-electron chi connectivity index (χ1n) is 39.1. The Kier molecular flexibility index (Phi) is 55.0. The van der Waals surface area contributed by atoms with Gasteiger partial charge in [-0.1, -0.05) is 271 Å². The predicted octanol–water partition coefficient (Wildman–Crippen LogP) is 12.6. The molecule has 3 saturated heterocycles. The molecule has 0 aromatic rings. The van der Waals surface area contributed by atoms with Crippen molar-refractivity contribution < 1.29 is 89.4 Å². The van der Waals surface area contributed by atoms with Gasteiger partial charge in [-0.25, -0.2) is 0 Å². The minimum absolute atomic E-state index is 0.215. The molecule has 0 aromatic heterocycles. The Morgan fingerprint density at radius 3 is 1.12 bits per heavy atom. The fourth-order valence-electron chi connectivity index (χ4n) is 12.5. The van der Waals surface area contributed by atoms with E-state index in [1.54, 1.807) is 6.08 Å². The van der Waals surface area contributed by atoms with E-state index >= 15 is 0 Å². The summed E-state index contributed by atoms with van der Waals surface area (Å²) in [5, 5.41) is 121. The highest BCUT2D eigenvalue weighted by atomic mass is 16.8. The molecule has 0 saturated carbocycles. The molecule has 0 radical (unpaired) electrons. The van der Waals surface area contributed by atoms with Crippen molar-refractivity contribution >= 4 is 5.91 Å². The van der Waals surface area contributed by atoms with E-state index in [4.69, 9.17) is 28.4 Å². The number of nitrogens with one attached hydrogen (secondary N) is 1. The molecule has 17 unspecified atom stereocenters. The minimum atomic E-state index is -1.99. The van der Waals surface area contributed by atoms with Crippen LogP contribution in [0.5, 0.6) is 0 Å². The maximum absolute atomic E-state index is 13.5. The van der Waals surface area contributed by atoms with Gasteiger partial charge < -0.3 is 89.9 Å². The average Bonchev–Trinajstić information content (AvgIpc) is 0.783. The van der Waals surface area contributed by atoms with E-state index in [9.17, 15) is 61.0 Å². The van der Waals surface area contributed by atoms with E-state index in [0.717, 1.165) is 109 Å². The predicted molar refractivity (Wildman–Crippen MR) is 397 cm³/mol. The molecule has 19 heteroatoms. The third-order valence-electron chi connectivity index (χ3n) is 18.8. The number of carbonyl (C=O) groups is 1. The summed E-state index contributed by atoms with van der Waals surface area (Å²) < 4.78 is 34.4. The maximum Gasteiger partial charge on any atom is 0.220 e. The van der Waals surface area contributed by atoms with E-state index < -0.39 is 124 Å². The van der Waals surface area contributed by atoms with Crippen molar-refractivity contribution in [3.63, 3.8) is 0 Å². The summed E-state index contributed by atoms with van der Waals surface area (Å²) in [5.74, 6) is -0.301. The van der Waals surface area contributed by atoms with Crippen molar-refractivity contribution in [1.82, 2.24) is 5.32 Å². The molecule has 17 atom stereocenters. The van der Waals surface area contributed by atoms with Crippen LogP contribution in [-0.2, 0) is 33.2 Å². The maximum atomic E-state index is 13.5. The molecule has 0 aromatic carbocycles. The van der Waals surface area contributed by atoms with Crippen LogP contribution in [0, 0.1) is 0 Å². The van der Waals surface area contributed by atoms with E-state index in [0.29, 0.717) is 12.8 Å². The first-order valence-corrected chi connectivity index (χ1v) is 39.1. The largest absolute Gasteiger partial charge is 0.394 e. The van der Waals surface area contributed by atoms with Crippen LogP contribution in [0.4, 0.5) is 0 Å². The summed E-state index contributed by atoms with van der Waals surface area (Å²) in [6.07, 6.45) is 56.4. The number of ether oxygens (including phenoxy) is 6. The number of rotatable bonds is 60. The van der Waals surface area contributed by atoms with Crippen LogP contribution >= 0.6 is 0 Å². The van der Waals surface area contributed by atoms with Crippen LogP contribution < -0.4 is 5.32 Å². The number of aliphatic hydroxyl groups excluding tert-OH is 11. The number of allylic oxidation sites excluding steroid dienone is 17. The second-order valence-electron chi connectivity index (χ2n) is 27.4. The Bertz CT molecular complexity index is 2230. The van der Waals surface area contributed by atoms with Crippen LogP contribution in [0.2, 0.25) is 0 Å². The summed E-state index contributed by atoms with van der Waals surface area (Å²) in [6.45, 7) is 1.60. The molecule has 0 spiro atoms. The monoisotopic (exact) mass is 1410 g/mol. The zero-order chi connectivity index (χ0) is 72.5. The van der Waals surface area contributed by atoms with Gasteiger partial charge in [-0.2, -0.15) is 0 Å². The summed E-state index contributed by atoms with van der Waals surface area (Å²) >= 11 is 0. The van der Waals surface area contributed by atoms with Crippen molar-refractivity contribution in [2.24, 2.45) is 0 Å². The third kappa shape index (κ3) is 40.6. The minimum Gasteiger partial charge on any atom is -0.394 e. The Morgan fingerprint density at radius 1 is 0.370 bits per heavy atom. The number of hydrogen-bond acceptors (Lipinski definition) is 18. The van der Waals surface area contributed by atoms with E-state index in [-0.39, 0.29) is 18.9 Å². The molecule has 576 valence electrons. The number of aliphatic hydroxyl groups is 11. The van der Waals surface area contributed by atoms with Crippen LogP contribution in [0.1, 0.15) is 264 Å². The fraction of sp³-hybridized carbons (Fsp3) is 0.765. The van der Waals surface area contributed by atoms with Crippen LogP contribution in [0.15, 0.2) is 109 Å². The molecule has 19 nitrogen and oxygen atoms in total. The molecule has 0 bridgehead atoms. The third-order valence-corrected chi connectivity index (χ3v) is 18.8. The second-order valence-corrected chi connectivity index (χ2v) is 27.4. The SMILES string of the molecule is CC/C=C\C/C=C\C/C=C\C/C=C\C/C=C\C/C=C\CCCCCCCCCCC(=O)NC(COC1OC(CO)C(OC2OC(CO)C(OC3OC(CO)C(O)C(O)C3O)C(O)C2O)C(O)C1O)C(O)/C=C/CC/C=C/CC/C=C/CCCCCCCCCCCCCCCCCCCC. The van der Waals surface area contributed by atoms with Gasteiger partial charge in [-0.05, 0) is 96.3 Å². The van der Waals surface area contributed by atoms with Gasteiger partial charge >= 0.3 is 0 Å². The number of carbonyl (C=O) groups excluding carboxylic acids is 1. The van der Waals surface area contributed by atoms with Crippen LogP contribution in [0.25, 0.3) is 0 Å². The first-order chi connectivity index (χ1) is 48.8.